The van der Waals surface area contributed by atoms with E-state index in [1.807, 2.05) is 24.3 Å². The molecule has 1 amide bonds. The first-order valence-electron chi connectivity index (χ1n) is 8.06. The van der Waals surface area contributed by atoms with Crippen molar-refractivity contribution < 1.29 is 4.79 Å². The van der Waals surface area contributed by atoms with Crippen LogP contribution in [0.3, 0.4) is 0 Å². The molecule has 1 aliphatic heterocycles. The standard InChI is InChI=1S/C18H19N5O/c19-10-16-7-6-15(12-21-16)18(24)22-11-14-4-3-9-23(13-14)17-5-1-2-8-20-17/h1-2,5-8,12,14H,3-4,9,11,13H2,(H,22,24)/t14-/m1/s1. The smallest absolute Gasteiger partial charge is 0.252 e. The quantitative estimate of drug-likeness (QED) is 0.931. The molecule has 0 saturated carbocycles. The third-order valence-electron chi connectivity index (χ3n) is 4.18. The third kappa shape index (κ3) is 3.87. The summed E-state index contributed by atoms with van der Waals surface area (Å²) in [6, 6.07) is 11.0. The van der Waals surface area contributed by atoms with Crippen molar-refractivity contribution in [3.8, 4) is 6.07 Å². The van der Waals surface area contributed by atoms with Crippen molar-refractivity contribution in [1.82, 2.24) is 15.3 Å². The van der Waals surface area contributed by atoms with Gasteiger partial charge in [0.1, 0.15) is 17.6 Å². The minimum absolute atomic E-state index is 0.151. The summed E-state index contributed by atoms with van der Waals surface area (Å²) in [5.41, 5.74) is 0.788. The lowest BCUT2D eigenvalue weighted by molar-refractivity contribution is 0.0945. The van der Waals surface area contributed by atoms with Gasteiger partial charge in [-0.15, -0.1) is 0 Å². The molecule has 1 N–H and O–H groups in total. The minimum atomic E-state index is -0.151. The van der Waals surface area contributed by atoms with Crippen LogP contribution in [0.5, 0.6) is 0 Å². The van der Waals surface area contributed by atoms with E-state index in [4.69, 9.17) is 5.26 Å². The molecule has 0 spiro atoms. The number of nitrogens with one attached hydrogen (secondary N) is 1. The van der Waals surface area contributed by atoms with Crippen LogP contribution in [-0.4, -0.2) is 35.5 Å². The molecule has 122 valence electrons. The van der Waals surface area contributed by atoms with Crippen molar-refractivity contribution in [3.63, 3.8) is 0 Å². The van der Waals surface area contributed by atoms with Gasteiger partial charge in [-0.05, 0) is 43.0 Å². The summed E-state index contributed by atoms with van der Waals surface area (Å²) in [6.45, 7) is 2.52. The molecule has 0 radical (unpaired) electrons. The molecule has 3 rings (SSSR count). The summed E-state index contributed by atoms with van der Waals surface area (Å²) in [5.74, 6) is 1.24. The molecule has 24 heavy (non-hydrogen) atoms. The highest BCUT2D eigenvalue weighted by Crippen LogP contribution is 2.20. The first kappa shape index (κ1) is 15.9. The molecular weight excluding hydrogens is 302 g/mol. The number of hydrogen-bond donors (Lipinski definition) is 1. The summed E-state index contributed by atoms with van der Waals surface area (Å²) in [6.07, 6.45) is 5.43. The fraction of sp³-hybridized carbons (Fsp3) is 0.333. The number of carbonyl (C=O) groups is 1. The van der Waals surface area contributed by atoms with E-state index in [1.165, 1.54) is 6.20 Å². The van der Waals surface area contributed by atoms with E-state index in [0.717, 1.165) is 31.7 Å². The molecule has 0 aromatic carbocycles. The van der Waals surface area contributed by atoms with Gasteiger partial charge in [0.15, 0.2) is 0 Å². The first-order valence-corrected chi connectivity index (χ1v) is 8.06. The van der Waals surface area contributed by atoms with Gasteiger partial charge in [-0.25, -0.2) is 9.97 Å². The van der Waals surface area contributed by atoms with E-state index < -0.39 is 0 Å². The summed E-state index contributed by atoms with van der Waals surface area (Å²) in [7, 11) is 0. The fourth-order valence-electron chi connectivity index (χ4n) is 2.91. The summed E-state index contributed by atoms with van der Waals surface area (Å²) in [4.78, 5) is 22.8. The number of piperidine rings is 1. The number of pyridine rings is 2. The Morgan fingerprint density at radius 3 is 2.96 bits per heavy atom. The lowest BCUT2D eigenvalue weighted by Crippen LogP contribution is -2.41. The van der Waals surface area contributed by atoms with Crippen molar-refractivity contribution in [2.45, 2.75) is 12.8 Å². The van der Waals surface area contributed by atoms with Crippen LogP contribution in [0.25, 0.3) is 0 Å². The van der Waals surface area contributed by atoms with Gasteiger partial charge >= 0.3 is 0 Å². The van der Waals surface area contributed by atoms with Crippen molar-refractivity contribution in [3.05, 3.63) is 54.0 Å². The van der Waals surface area contributed by atoms with Crippen LogP contribution in [0.4, 0.5) is 5.82 Å². The average molecular weight is 321 g/mol. The predicted octanol–water partition coefficient (Wildman–Crippen LogP) is 1.99. The van der Waals surface area contributed by atoms with Crippen LogP contribution in [0.15, 0.2) is 42.7 Å². The number of nitriles is 1. The Morgan fingerprint density at radius 2 is 2.25 bits per heavy atom. The molecule has 6 heteroatoms. The minimum Gasteiger partial charge on any atom is -0.356 e. The van der Waals surface area contributed by atoms with Crippen LogP contribution >= 0.6 is 0 Å². The van der Waals surface area contributed by atoms with Crippen molar-refractivity contribution in [2.24, 2.45) is 5.92 Å². The van der Waals surface area contributed by atoms with Crippen molar-refractivity contribution >= 4 is 11.7 Å². The highest BCUT2D eigenvalue weighted by molar-refractivity contribution is 5.93. The number of nitrogens with zero attached hydrogens (tertiary/aromatic N) is 4. The molecular formula is C18H19N5O. The van der Waals surface area contributed by atoms with Gasteiger partial charge in [-0.2, -0.15) is 5.26 Å². The molecule has 0 aliphatic carbocycles. The van der Waals surface area contributed by atoms with E-state index in [-0.39, 0.29) is 5.91 Å². The van der Waals surface area contributed by atoms with Gasteiger partial charge in [0.25, 0.3) is 5.91 Å². The van der Waals surface area contributed by atoms with E-state index in [1.54, 1.807) is 18.3 Å². The maximum absolute atomic E-state index is 12.2. The molecule has 3 heterocycles. The Balaban J connectivity index is 1.54. The second-order valence-corrected chi connectivity index (χ2v) is 5.90. The molecule has 1 fully saturated rings. The van der Waals surface area contributed by atoms with E-state index in [9.17, 15) is 4.79 Å². The molecule has 1 atom stereocenters. The van der Waals surface area contributed by atoms with Crippen LogP contribution < -0.4 is 10.2 Å². The van der Waals surface area contributed by atoms with Crippen molar-refractivity contribution in [1.29, 1.82) is 5.26 Å². The largest absolute Gasteiger partial charge is 0.356 e. The fourth-order valence-corrected chi connectivity index (χ4v) is 2.91. The summed E-state index contributed by atoms with van der Waals surface area (Å²) < 4.78 is 0. The monoisotopic (exact) mass is 321 g/mol. The first-order chi connectivity index (χ1) is 11.8. The Hall–Kier alpha value is -2.94. The SMILES string of the molecule is N#Cc1ccc(C(=O)NC[C@H]2CCCN(c3ccccn3)C2)cn1. The third-order valence-corrected chi connectivity index (χ3v) is 4.18. The lowest BCUT2D eigenvalue weighted by Gasteiger charge is -2.33. The second-order valence-electron chi connectivity index (χ2n) is 5.90. The molecule has 2 aromatic rings. The van der Waals surface area contributed by atoms with Crippen LogP contribution in [0, 0.1) is 17.2 Å². The van der Waals surface area contributed by atoms with Gasteiger partial charge in [-0.1, -0.05) is 6.07 Å². The molecule has 0 bridgehead atoms. The topological polar surface area (TPSA) is 81.9 Å². The summed E-state index contributed by atoms with van der Waals surface area (Å²) >= 11 is 0. The number of hydrogen-bond acceptors (Lipinski definition) is 5. The van der Waals surface area contributed by atoms with Crippen molar-refractivity contribution in [2.75, 3.05) is 24.5 Å². The zero-order chi connectivity index (χ0) is 16.8. The second kappa shape index (κ2) is 7.55. The normalized spacial score (nSPS) is 17.1. The highest BCUT2D eigenvalue weighted by Gasteiger charge is 2.21. The Bertz CT molecular complexity index is 723. The summed E-state index contributed by atoms with van der Waals surface area (Å²) in [5, 5.41) is 11.7. The average Bonchev–Trinajstić information content (AvgIpc) is 2.67. The zero-order valence-corrected chi connectivity index (χ0v) is 13.4. The van der Waals surface area contributed by atoms with Gasteiger partial charge in [-0.3, -0.25) is 4.79 Å². The van der Waals surface area contributed by atoms with Crippen LogP contribution in [0.2, 0.25) is 0 Å². The van der Waals surface area contributed by atoms with E-state index in [2.05, 4.69) is 20.2 Å². The number of amides is 1. The van der Waals surface area contributed by atoms with Gasteiger partial charge in [0.05, 0.1) is 5.56 Å². The molecule has 1 aliphatic rings. The van der Waals surface area contributed by atoms with E-state index >= 15 is 0 Å². The molecule has 6 nitrogen and oxygen atoms in total. The van der Waals surface area contributed by atoms with E-state index in [0.29, 0.717) is 23.7 Å². The maximum Gasteiger partial charge on any atom is 0.252 e. The van der Waals surface area contributed by atoms with Crippen LogP contribution in [0.1, 0.15) is 28.9 Å². The van der Waals surface area contributed by atoms with Gasteiger partial charge in [0.2, 0.25) is 0 Å². The molecule has 2 aromatic heterocycles. The maximum atomic E-state index is 12.2. The Labute approximate surface area is 141 Å². The number of aromatic nitrogens is 2. The molecule has 0 unspecified atom stereocenters. The zero-order valence-electron chi connectivity index (χ0n) is 13.4. The lowest BCUT2D eigenvalue weighted by atomic mass is 9.98. The molecule has 1 saturated heterocycles. The van der Waals surface area contributed by atoms with Crippen LogP contribution in [-0.2, 0) is 0 Å². The Kier molecular flexibility index (Phi) is 5.02. The van der Waals surface area contributed by atoms with Gasteiger partial charge in [0, 0.05) is 32.0 Å². The Morgan fingerprint density at radius 1 is 1.33 bits per heavy atom. The van der Waals surface area contributed by atoms with Gasteiger partial charge < -0.3 is 10.2 Å². The number of anilines is 1. The highest BCUT2D eigenvalue weighted by atomic mass is 16.1. The number of carbonyl (C=O) groups excluding carboxylic acids is 1. The number of rotatable bonds is 4. The predicted molar refractivity (Wildman–Crippen MR) is 90.5 cm³/mol.